The molecule has 0 atom stereocenters. The molecule has 2 aromatic carbocycles. The Morgan fingerprint density at radius 2 is 1.70 bits per heavy atom. The van der Waals surface area contributed by atoms with Crippen molar-refractivity contribution in [1.82, 2.24) is 8.54 Å². The van der Waals surface area contributed by atoms with Crippen molar-refractivity contribution in [1.29, 1.82) is 0 Å². The third kappa shape index (κ3) is 3.43. The summed E-state index contributed by atoms with van der Waals surface area (Å²) in [6.45, 7) is 0. The summed E-state index contributed by atoms with van der Waals surface area (Å²) in [7, 11) is -2.67. The van der Waals surface area contributed by atoms with Gasteiger partial charge in [-0.25, -0.2) is 17.8 Å². The summed E-state index contributed by atoms with van der Waals surface area (Å²) in [4.78, 5) is 26.0. The summed E-state index contributed by atoms with van der Waals surface area (Å²) in [5, 5.41) is 0. The van der Waals surface area contributed by atoms with Crippen LogP contribution in [0.5, 0.6) is 5.75 Å². The Morgan fingerprint density at radius 3 is 2.33 bits per heavy atom. The van der Waals surface area contributed by atoms with Crippen LogP contribution < -0.4 is 10.4 Å². The number of methoxy groups -OCH3 is 1. The Labute approximate surface area is 160 Å². The number of carbonyl (C=O) groups is 1. The molecule has 0 N–H and O–H groups in total. The van der Waals surface area contributed by atoms with Gasteiger partial charge in [-0.2, -0.15) is 3.97 Å². The van der Waals surface area contributed by atoms with Crippen LogP contribution in [-0.4, -0.2) is 36.2 Å². The maximum atomic E-state index is 12.7. The average Bonchev–Trinajstić information content (AvgIpc) is 3.09. The lowest BCUT2D eigenvalue weighted by Gasteiger charge is -2.07. The summed E-state index contributed by atoms with van der Waals surface area (Å²) in [5.74, 6) is -0.101. The molecule has 0 amide bonds. The molecule has 1 aromatic heterocycles. The number of hydrogen-bond donors (Lipinski definition) is 0. The molecule has 0 aliphatic carbocycles. The topological polar surface area (TPSA) is 87.4 Å². The highest BCUT2D eigenvalue weighted by Gasteiger charge is 2.23. The molecule has 0 radical (unpaired) electrons. The van der Waals surface area contributed by atoms with E-state index < -0.39 is 21.6 Å². The van der Waals surface area contributed by atoms with Crippen LogP contribution in [0.1, 0.15) is 10.4 Å². The van der Waals surface area contributed by atoms with Gasteiger partial charge in [0.25, 0.3) is 15.9 Å². The van der Waals surface area contributed by atoms with Crippen molar-refractivity contribution in [2.24, 2.45) is 0 Å². The Bertz CT molecular complexity index is 1140. The van der Waals surface area contributed by atoms with E-state index >= 15 is 0 Å². The molecule has 0 aliphatic rings. The van der Waals surface area contributed by atoms with Crippen LogP contribution in [0, 0.1) is 0 Å². The molecule has 0 fully saturated rings. The fraction of sp³-hybridized carbons (Fsp3) is 0.111. The molecule has 0 bridgehead atoms. The van der Waals surface area contributed by atoms with Crippen LogP contribution >= 0.6 is 11.8 Å². The molecular weight excluding hydrogens is 388 g/mol. The minimum absolute atomic E-state index is 0.0832. The van der Waals surface area contributed by atoms with Crippen LogP contribution in [0.3, 0.4) is 0 Å². The molecule has 7 nitrogen and oxygen atoms in total. The molecule has 0 aliphatic heterocycles. The van der Waals surface area contributed by atoms with Crippen LogP contribution in [0.2, 0.25) is 0 Å². The fourth-order valence-corrected chi connectivity index (χ4v) is 4.32. The zero-order chi connectivity index (χ0) is 19.6. The maximum absolute atomic E-state index is 12.7. The van der Waals surface area contributed by atoms with E-state index in [-0.39, 0.29) is 4.90 Å². The minimum atomic E-state index is -4.13. The first-order chi connectivity index (χ1) is 12.9. The van der Waals surface area contributed by atoms with Crippen LogP contribution in [0.4, 0.5) is 0 Å². The van der Waals surface area contributed by atoms with Crippen molar-refractivity contribution in [2.45, 2.75) is 9.79 Å². The number of benzene rings is 2. The highest BCUT2D eigenvalue weighted by Crippen LogP contribution is 2.21. The Hall–Kier alpha value is -2.78. The van der Waals surface area contributed by atoms with Gasteiger partial charge in [0.1, 0.15) is 5.75 Å². The summed E-state index contributed by atoms with van der Waals surface area (Å²) >= 11 is 1.36. The van der Waals surface area contributed by atoms with E-state index in [0.29, 0.717) is 20.2 Å². The number of ether oxygens (including phenoxy) is 1. The van der Waals surface area contributed by atoms with E-state index in [0.717, 1.165) is 17.0 Å². The van der Waals surface area contributed by atoms with Gasteiger partial charge in [-0.3, -0.25) is 4.79 Å². The number of rotatable bonds is 5. The molecule has 0 unspecified atom stereocenters. The molecule has 140 valence electrons. The highest BCUT2D eigenvalue weighted by atomic mass is 32.2. The van der Waals surface area contributed by atoms with E-state index in [1.54, 1.807) is 24.3 Å². The molecule has 0 saturated carbocycles. The Balaban J connectivity index is 2.04. The van der Waals surface area contributed by atoms with Crippen LogP contribution in [0.15, 0.2) is 75.5 Å². The molecule has 9 heteroatoms. The quantitative estimate of drug-likeness (QED) is 0.607. The predicted octanol–water partition coefficient (Wildman–Crippen LogP) is 2.31. The van der Waals surface area contributed by atoms with Crippen molar-refractivity contribution < 1.29 is 17.9 Å². The maximum Gasteiger partial charge on any atom is 0.349 e. The molecule has 27 heavy (non-hydrogen) atoms. The van der Waals surface area contributed by atoms with E-state index in [9.17, 15) is 18.0 Å². The summed E-state index contributed by atoms with van der Waals surface area (Å²) < 4.78 is 31.8. The second kappa shape index (κ2) is 7.45. The third-order valence-corrected chi connectivity index (χ3v) is 6.38. The van der Waals surface area contributed by atoms with Gasteiger partial charge in [-0.15, -0.1) is 11.8 Å². The van der Waals surface area contributed by atoms with Crippen molar-refractivity contribution >= 4 is 27.7 Å². The highest BCUT2D eigenvalue weighted by molar-refractivity contribution is 7.98. The smallest absolute Gasteiger partial charge is 0.349 e. The Morgan fingerprint density at radius 1 is 1.04 bits per heavy atom. The van der Waals surface area contributed by atoms with E-state index in [2.05, 4.69) is 0 Å². The van der Waals surface area contributed by atoms with Crippen molar-refractivity contribution in [3.8, 4) is 5.75 Å². The van der Waals surface area contributed by atoms with Gasteiger partial charge in [0.15, 0.2) is 0 Å². The fourth-order valence-electron chi connectivity index (χ4n) is 2.51. The third-order valence-electron chi connectivity index (χ3n) is 3.92. The van der Waals surface area contributed by atoms with Gasteiger partial charge in [0, 0.05) is 17.3 Å². The van der Waals surface area contributed by atoms with Crippen molar-refractivity contribution in [3.63, 3.8) is 0 Å². The zero-order valence-electron chi connectivity index (χ0n) is 14.5. The van der Waals surface area contributed by atoms with Crippen LogP contribution in [0.25, 0.3) is 0 Å². The summed E-state index contributed by atoms with van der Waals surface area (Å²) in [5.41, 5.74) is -0.626. The van der Waals surface area contributed by atoms with Gasteiger partial charge < -0.3 is 4.74 Å². The number of imidazole rings is 1. The number of carbonyl (C=O) groups excluding carboxylic acids is 1. The number of nitrogens with zero attached hydrogens (tertiary/aromatic N) is 2. The van der Waals surface area contributed by atoms with E-state index in [1.807, 2.05) is 6.26 Å². The SMILES string of the molecule is COc1ccc(S(=O)(=O)n2ccn(C(=O)c3ccccc3SC)c2=O)cc1. The lowest BCUT2D eigenvalue weighted by Crippen LogP contribution is -2.32. The van der Waals surface area contributed by atoms with Crippen molar-refractivity contribution in [2.75, 3.05) is 13.4 Å². The van der Waals surface area contributed by atoms with E-state index in [4.69, 9.17) is 4.74 Å². The number of hydrogen-bond acceptors (Lipinski definition) is 6. The normalized spacial score (nSPS) is 11.3. The largest absolute Gasteiger partial charge is 0.497 e. The molecular formula is C18H16N2O5S2. The number of thioether (sulfide) groups is 1. The standard InChI is InChI=1S/C18H16N2O5S2/c1-25-13-7-9-14(10-8-13)27(23,24)20-12-11-19(18(20)22)17(21)15-5-3-4-6-16(15)26-2/h3-12H,1-2H3. The van der Waals surface area contributed by atoms with Gasteiger partial charge in [-0.1, -0.05) is 12.1 Å². The second-order valence-corrected chi connectivity index (χ2v) is 8.10. The van der Waals surface area contributed by atoms with Crippen molar-refractivity contribution in [3.05, 3.63) is 77.0 Å². The van der Waals surface area contributed by atoms with Gasteiger partial charge >= 0.3 is 5.69 Å². The monoisotopic (exact) mass is 404 g/mol. The predicted molar refractivity (Wildman–Crippen MR) is 102 cm³/mol. The average molecular weight is 404 g/mol. The zero-order valence-corrected chi connectivity index (χ0v) is 16.2. The first kappa shape index (κ1) is 19.0. The number of aromatic nitrogens is 2. The van der Waals surface area contributed by atoms with Gasteiger partial charge in [0.2, 0.25) is 0 Å². The minimum Gasteiger partial charge on any atom is -0.497 e. The second-order valence-electron chi connectivity index (χ2n) is 5.43. The lowest BCUT2D eigenvalue weighted by atomic mass is 10.2. The molecule has 3 aromatic rings. The first-order valence-corrected chi connectivity index (χ1v) is 10.4. The van der Waals surface area contributed by atoms with E-state index in [1.165, 1.54) is 43.1 Å². The molecule has 0 saturated heterocycles. The van der Waals surface area contributed by atoms with Gasteiger partial charge in [-0.05, 0) is 42.7 Å². The first-order valence-electron chi connectivity index (χ1n) is 7.77. The molecule has 0 spiro atoms. The van der Waals surface area contributed by atoms with Crippen LogP contribution in [-0.2, 0) is 10.0 Å². The summed E-state index contributed by atoms with van der Waals surface area (Å²) in [6, 6.07) is 12.5. The Kier molecular flexibility index (Phi) is 5.24. The molecule has 1 heterocycles. The summed E-state index contributed by atoms with van der Waals surface area (Å²) in [6.07, 6.45) is 4.04. The molecule has 3 rings (SSSR count). The van der Waals surface area contributed by atoms with Gasteiger partial charge in [0.05, 0.1) is 17.6 Å². The lowest BCUT2D eigenvalue weighted by molar-refractivity contribution is 0.0953.